The molecule has 0 aliphatic carbocycles. The van der Waals surface area contributed by atoms with E-state index in [1.54, 1.807) is 4.52 Å². The van der Waals surface area contributed by atoms with E-state index in [0.717, 1.165) is 31.5 Å². The molecule has 3 aromatic heterocycles. The van der Waals surface area contributed by atoms with Crippen LogP contribution in [0.15, 0.2) is 41.7 Å². The molecule has 0 atom stereocenters. The molecular formula is C15H9Br2N3O2S. The average Bonchev–Trinajstić information content (AvgIpc) is 3.07. The van der Waals surface area contributed by atoms with E-state index in [4.69, 9.17) is 4.42 Å². The first-order chi connectivity index (χ1) is 11.1. The average molecular weight is 455 g/mol. The SMILES string of the molecule is CCc1nc2scc(-c3cc4cc(Br)cc(Br)c4oc3=O)n2n1. The number of aromatic nitrogens is 3. The van der Waals surface area contributed by atoms with E-state index < -0.39 is 5.63 Å². The first kappa shape index (κ1) is 15.0. The lowest BCUT2D eigenvalue weighted by molar-refractivity contribution is 0.561. The minimum absolute atomic E-state index is 0.395. The van der Waals surface area contributed by atoms with Crippen molar-refractivity contribution in [3.63, 3.8) is 0 Å². The van der Waals surface area contributed by atoms with Crippen LogP contribution in [0.4, 0.5) is 0 Å². The maximum Gasteiger partial charge on any atom is 0.345 e. The second kappa shape index (κ2) is 5.54. The predicted molar refractivity (Wildman–Crippen MR) is 97.1 cm³/mol. The van der Waals surface area contributed by atoms with Crippen molar-refractivity contribution in [1.29, 1.82) is 0 Å². The number of nitrogens with zero attached hydrogens (tertiary/aromatic N) is 3. The highest BCUT2D eigenvalue weighted by Crippen LogP contribution is 2.31. The van der Waals surface area contributed by atoms with Crippen LogP contribution in [0, 0.1) is 0 Å². The summed E-state index contributed by atoms with van der Waals surface area (Å²) in [5, 5.41) is 7.15. The van der Waals surface area contributed by atoms with Gasteiger partial charge in [0.1, 0.15) is 0 Å². The second-order valence-corrected chi connectivity index (χ2v) is 7.56. The molecule has 116 valence electrons. The Bertz CT molecular complexity index is 1110. The summed E-state index contributed by atoms with van der Waals surface area (Å²) in [5.74, 6) is 0.758. The highest BCUT2D eigenvalue weighted by atomic mass is 79.9. The molecule has 0 aliphatic rings. The minimum atomic E-state index is -0.395. The van der Waals surface area contributed by atoms with E-state index in [2.05, 4.69) is 41.9 Å². The Balaban J connectivity index is 2.02. The lowest BCUT2D eigenvalue weighted by Gasteiger charge is -2.03. The summed E-state index contributed by atoms with van der Waals surface area (Å²) in [7, 11) is 0. The van der Waals surface area contributed by atoms with Crippen LogP contribution in [0.1, 0.15) is 12.7 Å². The van der Waals surface area contributed by atoms with E-state index in [-0.39, 0.29) is 0 Å². The van der Waals surface area contributed by atoms with E-state index >= 15 is 0 Å². The molecule has 3 heterocycles. The van der Waals surface area contributed by atoms with Gasteiger partial charge in [0, 0.05) is 21.7 Å². The number of rotatable bonds is 2. The zero-order chi connectivity index (χ0) is 16.1. The van der Waals surface area contributed by atoms with E-state index in [1.807, 2.05) is 30.5 Å². The Morgan fingerprint density at radius 3 is 2.91 bits per heavy atom. The van der Waals surface area contributed by atoms with Gasteiger partial charge >= 0.3 is 5.63 Å². The molecule has 0 saturated heterocycles. The van der Waals surface area contributed by atoms with Gasteiger partial charge in [-0.25, -0.2) is 14.3 Å². The quantitative estimate of drug-likeness (QED) is 0.413. The van der Waals surface area contributed by atoms with Crippen LogP contribution in [-0.4, -0.2) is 14.6 Å². The molecule has 0 fully saturated rings. The molecule has 0 N–H and O–H groups in total. The van der Waals surface area contributed by atoms with Crippen LogP contribution < -0.4 is 5.63 Å². The molecule has 8 heteroatoms. The van der Waals surface area contributed by atoms with Crippen LogP contribution in [0.2, 0.25) is 0 Å². The lowest BCUT2D eigenvalue weighted by atomic mass is 10.1. The van der Waals surface area contributed by atoms with Gasteiger partial charge in [-0.15, -0.1) is 11.3 Å². The molecule has 23 heavy (non-hydrogen) atoms. The molecule has 5 nitrogen and oxygen atoms in total. The number of hydrogen-bond donors (Lipinski definition) is 0. The Kier molecular flexibility index (Phi) is 3.62. The summed E-state index contributed by atoms with van der Waals surface area (Å²) in [5.41, 5.74) is 1.31. The van der Waals surface area contributed by atoms with Crippen LogP contribution in [0.25, 0.3) is 27.2 Å². The van der Waals surface area contributed by atoms with E-state index in [0.29, 0.717) is 16.8 Å². The Hall–Kier alpha value is -1.51. The number of aryl methyl sites for hydroxylation is 1. The van der Waals surface area contributed by atoms with Gasteiger partial charge in [0.15, 0.2) is 11.4 Å². The fourth-order valence-corrected chi connectivity index (χ4v) is 4.57. The van der Waals surface area contributed by atoms with Gasteiger partial charge in [0.2, 0.25) is 4.96 Å². The predicted octanol–water partition coefficient (Wildman–Crippen LogP) is 4.65. The molecule has 0 bridgehead atoms. The minimum Gasteiger partial charge on any atom is -0.421 e. The molecule has 0 amide bonds. The molecule has 4 rings (SSSR count). The number of halogens is 2. The number of hydrogen-bond acceptors (Lipinski definition) is 5. The molecule has 0 saturated carbocycles. The number of thiazole rings is 1. The topological polar surface area (TPSA) is 60.4 Å². The fraction of sp³-hybridized carbons (Fsp3) is 0.133. The molecule has 4 aromatic rings. The third-order valence-electron chi connectivity index (χ3n) is 3.47. The monoisotopic (exact) mass is 453 g/mol. The Labute approximate surface area is 151 Å². The van der Waals surface area contributed by atoms with Crippen molar-refractivity contribution in [2.45, 2.75) is 13.3 Å². The summed E-state index contributed by atoms with van der Waals surface area (Å²) < 4.78 is 8.84. The fourth-order valence-electron chi connectivity index (χ4n) is 2.39. The van der Waals surface area contributed by atoms with Crippen molar-refractivity contribution < 1.29 is 4.42 Å². The normalized spacial score (nSPS) is 11.6. The molecule has 0 aliphatic heterocycles. The largest absolute Gasteiger partial charge is 0.421 e. The van der Waals surface area contributed by atoms with Crippen molar-refractivity contribution in [3.8, 4) is 11.3 Å². The molecule has 0 radical (unpaired) electrons. The van der Waals surface area contributed by atoms with Gasteiger partial charge in [-0.2, -0.15) is 5.10 Å². The highest BCUT2D eigenvalue weighted by molar-refractivity contribution is 9.11. The van der Waals surface area contributed by atoms with Gasteiger partial charge < -0.3 is 4.42 Å². The van der Waals surface area contributed by atoms with Crippen molar-refractivity contribution in [2.24, 2.45) is 0 Å². The number of fused-ring (bicyclic) bond motifs is 2. The maximum atomic E-state index is 12.4. The summed E-state index contributed by atoms with van der Waals surface area (Å²) in [6, 6.07) is 5.58. The third-order valence-corrected chi connectivity index (χ3v) is 5.33. The smallest absolute Gasteiger partial charge is 0.345 e. The zero-order valence-electron chi connectivity index (χ0n) is 11.8. The molecule has 1 aromatic carbocycles. The molecule has 0 unspecified atom stereocenters. The summed E-state index contributed by atoms with van der Waals surface area (Å²) in [6.45, 7) is 2.00. The van der Waals surface area contributed by atoms with E-state index in [1.165, 1.54) is 11.3 Å². The second-order valence-electron chi connectivity index (χ2n) is 4.95. The standard InChI is InChI=1S/C15H9Br2N3O2S/c1-2-12-18-15-20(19-12)11(6-23-15)9-4-7-3-8(16)5-10(17)13(7)22-14(9)21/h3-6H,2H2,1H3. The maximum absolute atomic E-state index is 12.4. The summed E-state index contributed by atoms with van der Waals surface area (Å²) in [6.07, 6.45) is 0.750. The number of benzene rings is 1. The first-order valence-electron chi connectivity index (χ1n) is 6.83. The van der Waals surface area contributed by atoms with Gasteiger partial charge in [-0.3, -0.25) is 0 Å². The van der Waals surface area contributed by atoms with Gasteiger partial charge in [-0.05, 0) is 34.1 Å². The van der Waals surface area contributed by atoms with Crippen LogP contribution in [0.5, 0.6) is 0 Å². The highest BCUT2D eigenvalue weighted by Gasteiger charge is 2.16. The van der Waals surface area contributed by atoms with Gasteiger partial charge in [0.05, 0.1) is 15.7 Å². The zero-order valence-corrected chi connectivity index (χ0v) is 15.8. The van der Waals surface area contributed by atoms with Crippen LogP contribution >= 0.6 is 43.2 Å². The Morgan fingerprint density at radius 1 is 1.30 bits per heavy atom. The lowest BCUT2D eigenvalue weighted by Crippen LogP contribution is -2.05. The van der Waals surface area contributed by atoms with Crippen LogP contribution in [-0.2, 0) is 6.42 Å². The van der Waals surface area contributed by atoms with Gasteiger partial charge in [-0.1, -0.05) is 22.9 Å². The van der Waals surface area contributed by atoms with Crippen LogP contribution in [0.3, 0.4) is 0 Å². The van der Waals surface area contributed by atoms with Gasteiger partial charge in [0.25, 0.3) is 0 Å². The molecular weight excluding hydrogens is 446 g/mol. The third kappa shape index (κ3) is 2.45. The summed E-state index contributed by atoms with van der Waals surface area (Å²) >= 11 is 8.33. The van der Waals surface area contributed by atoms with Crippen molar-refractivity contribution in [3.05, 3.63) is 48.8 Å². The van der Waals surface area contributed by atoms with Crippen molar-refractivity contribution >= 4 is 59.1 Å². The summed E-state index contributed by atoms with van der Waals surface area (Å²) in [4.78, 5) is 17.6. The van der Waals surface area contributed by atoms with E-state index in [9.17, 15) is 4.79 Å². The Morgan fingerprint density at radius 2 is 2.13 bits per heavy atom. The first-order valence-corrected chi connectivity index (χ1v) is 9.30. The van der Waals surface area contributed by atoms with Crippen molar-refractivity contribution in [2.75, 3.05) is 0 Å². The molecule has 0 spiro atoms. The van der Waals surface area contributed by atoms with Crippen molar-refractivity contribution in [1.82, 2.24) is 14.6 Å².